The number of fused-ring (bicyclic) bond motifs is 1. The van der Waals surface area contributed by atoms with E-state index in [1.54, 1.807) is 19.3 Å². The molecule has 2 fully saturated rings. The fourth-order valence-corrected chi connectivity index (χ4v) is 4.93. The molecule has 0 bridgehead atoms. The Balaban J connectivity index is 1.34. The molecule has 5 rings (SSSR count). The van der Waals surface area contributed by atoms with E-state index in [1.165, 1.54) is 0 Å². The van der Waals surface area contributed by atoms with Crippen molar-refractivity contribution in [3.05, 3.63) is 42.2 Å². The monoisotopic (exact) mass is 452 g/mol. The lowest BCUT2D eigenvalue weighted by atomic mass is 9.77. The van der Waals surface area contributed by atoms with Gasteiger partial charge in [-0.05, 0) is 30.7 Å². The highest BCUT2D eigenvalue weighted by molar-refractivity contribution is 6.12. The van der Waals surface area contributed by atoms with Crippen LogP contribution < -0.4 is 16.0 Å². The van der Waals surface area contributed by atoms with Crippen LogP contribution in [0.15, 0.2) is 30.9 Å². The number of pyridine rings is 1. The van der Waals surface area contributed by atoms with Crippen molar-refractivity contribution in [2.75, 3.05) is 42.1 Å². The number of carbonyl (C=O) groups excluding carboxylic acids is 2. The molecule has 2 amide bonds. The third-order valence-electron chi connectivity index (χ3n) is 6.79. The van der Waals surface area contributed by atoms with E-state index in [4.69, 9.17) is 5.73 Å². The molecule has 3 aromatic rings. The van der Waals surface area contributed by atoms with E-state index in [2.05, 4.69) is 25.3 Å². The molecule has 11 heteroatoms. The zero-order valence-electron chi connectivity index (χ0n) is 18.3. The second-order valence-corrected chi connectivity index (χ2v) is 8.83. The molecule has 0 aromatic carbocycles. The van der Waals surface area contributed by atoms with Crippen molar-refractivity contribution in [3.8, 4) is 0 Å². The Hall–Kier alpha value is -3.76. The fraction of sp³-hybridized carbons (Fsp3) is 0.409. The second-order valence-electron chi connectivity index (χ2n) is 8.83. The van der Waals surface area contributed by atoms with Crippen LogP contribution in [0, 0.1) is 11.2 Å². The van der Waals surface area contributed by atoms with Gasteiger partial charge in [0.25, 0.3) is 5.91 Å². The van der Waals surface area contributed by atoms with Gasteiger partial charge >= 0.3 is 0 Å². The predicted molar refractivity (Wildman–Crippen MR) is 120 cm³/mol. The normalized spacial score (nSPS) is 17.6. The average Bonchev–Trinajstić information content (AvgIpc) is 3.35. The Bertz CT molecular complexity index is 1230. The van der Waals surface area contributed by atoms with Gasteiger partial charge in [-0.2, -0.15) is 0 Å². The highest BCUT2D eigenvalue weighted by Gasteiger charge is 2.41. The maximum Gasteiger partial charge on any atom is 0.263 e. The Labute approximate surface area is 189 Å². The first-order valence-corrected chi connectivity index (χ1v) is 10.9. The third kappa shape index (κ3) is 3.83. The summed E-state index contributed by atoms with van der Waals surface area (Å²) in [7, 11) is 0. The highest BCUT2D eigenvalue weighted by atomic mass is 19.1. The Morgan fingerprint density at radius 3 is 2.67 bits per heavy atom. The second kappa shape index (κ2) is 7.98. The van der Waals surface area contributed by atoms with Crippen LogP contribution in [0.4, 0.5) is 21.6 Å². The minimum atomic E-state index is -0.580. The number of anilines is 3. The Morgan fingerprint density at radius 1 is 1.18 bits per heavy atom. The number of nitrogens with one attached hydrogen (secondary N) is 1. The number of likely N-dealkylation sites (tertiary alicyclic amines) is 1. The third-order valence-corrected chi connectivity index (χ3v) is 6.79. The zero-order chi connectivity index (χ0) is 23.2. The number of halogens is 1. The summed E-state index contributed by atoms with van der Waals surface area (Å²) in [6.07, 6.45) is 8.40. The highest BCUT2D eigenvalue weighted by Crippen LogP contribution is 2.42. The van der Waals surface area contributed by atoms with E-state index >= 15 is 0 Å². The van der Waals surface area contributed by atoms with Gasteiger partial charge in [0.1, 0.15) is 5.56 Å². The summed E-state index contributed by atoms with van der Waals surface area (Å²) < 4.78 is 14.6. The summed E-state index contributed by atoms with van der Waals surface area (Å²) >= 11 is 0. The number of nitrogen functional groups attached to an aromatic ring is 1. The van der Waals surface area contributed by atoms with E-state index in [0.29, 0.717) is 5.69 Å². The Kier molecular flexibility index (Phi) is 5.10. The molecule has 2 saturated heterocycles. The van der Waals surface area contributed by atoms with Gasteiger partial charge in [-0.15, -0.1) is 5.10 Å². The van der Waals surface area contributed by atoms with Gasteiger partial charge in [-0.3, -0.25) is 14.6 Å². The number of rotatable bonds is 3. The molecule has 3 aromatic heterocycles. The molecule has 3 N–H and O–H groups in total. The smallest absolute Gasteiger partial charge is 0.263 e. The summed E-state index contributed by atoms with van der Waals surface area (Å²) in [4.78, 5) is 37.1. The summed E-state index contributed by atoms with van der Waals surface area (Å²) in [5, 5.41) is 6.86. The molecule has 1 spiro atoms. The van der Waals surface area contributed by atoms with Crippen LogP contribution in [0.25, 0.3) is 5.65 Å². The van der Waals surface area contributed by atoms with Gasteiger partial charge in [0, 0.05) is 39.3 Å². The van der Waals surface area contributed by atoms with Crippen molar-refractivity contribution in [1.82, 2.24) is 24.5 Å². The van der Waals surface area contributed by atoms with Crippen LogP contribution in [0.1, 0.15) is 36.5 Å². The van der Waals surface area contributed by atoms with E-state index in [-0.39, 0.29) is 28.4 Å². The summed E-state index contributed by atoms with van der Waals surface area (Å²) in [6.45, 7) is 4.90. The number of carbonyl (C=O) groups is 2. The molecule has 33 heavy (non-hydrogen) atoms. The first-order chi connectivity index (χ1) is 15.8. The first-order valence-electron chi connectivity index (χ1n) is 10.9. The summed E-state index contributed by atoms with van der Waals surface area (Å²) in [5.41, 5.74) is 7.77. The van der Waals surface area contributed by atoms with Gasteiger partial charge in [0.2, 0.25) is 5.91 Å². The summed E-state index contributed by atoms with van der Waals surface area (Å²) in [6, 6.07) is 1.87. The minimum absolute atomic E-state index is 0.0350. The molecule has 0 unspecified atom stereocenters. The maximum absolute atomic E-state index is 13.5. The number of amides is 2. The van der Waals surface area contributed by atoms with E-state index in [9.17, 15) is 14.0 Å². The number of piperidine rings is 1. The van der Waals surface area contributed by atoms with Crippen LogP contribution in [0.2, 0.25) is 0 Å². The van der Waals surface area contributed by atoms with Crippen LogP contribution in [-0.2, 0) is 4.79 Å². The number of nitrogens with two attached hydrogens (primary N) is 1. The largest absolute Gasteiger partial charge is 0.381 e. The average molecular weight is 452 g/mol. The molecule has 172 valence electrons. The topological polar surface area (TPSA) is 122 Å². The molecular weight excluding hydrogens is 427 g/mol. The summed E-state index contributed by atoms with van der Waals surface area (Å²) in [5.74, 6) is -0.967. The lowest BCUT2D eigenvalue weighted by Gasteiger charge is -2.40. The van der Waals surface area contributed by atoms with Crippen molar-refractivity contribution in [2.45, 2.75) is 26.2 Å². The molecule has 5 heterocycles. The zero-order valence-corrected chi connectivity index (χ0v) is 18.3. The molecular formula is C22H25FN8O2. The SMILES string of the molecule is CC(=O)N1CCC2(CCN(c3ccncc3NC(=O)c3c(N)nn4cc(F)cnc34)CC2)C1. The predicted octanol–water partition coefficient (Wildman–Crippen LogP) is 1.94. The standard InChI is InChI=1S/C22H25FN8O2/c1-14(32)30-9-5-22(13-30)3-7-29(8-4-22)17-2-6-25-11-16(17)27-21(33)18-19(24)28-31-12-15(23)10-26-20(18)31/h2,6,10-12H,3-5,7-9,13H2,1H3,(H2,24,28)(H,27,33). The number of hydrogen-bond acceptors (Lipinski definition) is 7. The van der Waals surface area contributed by atoms with Crippen LogP contribution in [-0.4, -0.2) is 62.5 Å². The van der Waals surface area contributed by atoms with Gasteiger partial charge in [-0.1, -0.05) is 0 Å². The fourth-order valence-electron chi connectivity index (χ4n) is 4.93. The van der Waals surface area contributed by atoms with Crippen molar-refractivity contribution < 1.29 is 14.0 Å². The molecule has 0 saturated carbocycles. The molecule has 10 nitrogen and oxygen atoms in total. The lowest BCUT2D eigenvalue weighted by molar-refractivity contribution is -0.128. The van der Waals surface area contributed by atoms with Crippen LogP contribution in [0.3, 0.4) is 0 Å². The lowest BCUT2D eigenvalue weighted by Crippen LogP contribution is -2.42. The van der Waals surface area contributed by atoms with Gasteiger partial charge in [0.15, 0.2) is 17.3 Å². The molecule has 0 radical (unpaired) electrons. The molecule has 0 aliphatic carbocycles. The van der Waals surface area contributed by atoms with E-state index < -0.39 is 11.7 Å². The molecule has 2 aliphatic heterocycles. The van der Waals surface area contributed by atoms with E-state index in [0.717, 1.165) is 68.0 Å². The van der Waals surface area contributed by atoms with Crippen molar-refractivity contribution in [2.24, 2.45) is 5.41 Å². The Morgan fingerprint density at radius 2 is 1.94 bits per heavy atom. The maximum atomic E-state index is 13.5. The molecule has 0 atom stereocenters. The van der Waals surface area contributed by atoms with Crippen molar-refractivity contribution >= 4 is 34.7 Å². The minimum Gasteiger partial charge on any atom is -0.381 e. The quantitative estimate of drug-likeness (QED) is 0.623. The number of hydrogen-bond donors (Lipinski definition) is 2. The first kappa shape index (κ1) is 21.1. The van der Waals surface area contributed by atoms with Crippen LogP contribution >= 0.6 is 0 Å². The van der Waals surface area contributed by atoms with Gasteiger partial charge in [-0.25, -0.2) is 13.9 Å². The van der Waals surface area contributed by atoms with E-state index in [1.807, 2.05) is 11.0 Å². The number of nitrogens with zero attached hydrogens (tertiary/aromatic N) is 6. The number of aromatic nitrogens is 4. The van der Waals surface area contributed by atoms with Crippen molar-refractivity contribution in [1.29, 1.82) is 0 Å². The molecule has 2 aliphatic rings. The van der Waals surface area contributed by atoms with Crippen molar-refractivity contribution in [3.63, 3.8) is 0 Å². The van der Waals surface area contributed by atoms with Gasteiger partial charge < -0.3 is 20.9 Å². The van der Waals surface area contributed by atoms with Gasteiger partial charge in [0.05, 0.1) is 30.0 Å². The van der Waals surface area contributed by atoms with Crippen LogP contribution in [0.5, 0.6) is 0 Å².